The van der Waals surface area contributed by atoms with Gasteiger partial charge in [0.2, 0.25) is 0 Å². The number of rotatable bonds is 6. The Balaban J connectivity index is 1.43. The van der Waals surface area contributed by atoms with Gasteiger partial charge in [-0.1, -0.05) is 273 Å². The molecule has 0 radical (unpaired) electrons. The van der Waals surface area contributed by atoms with Gasteiger partial charge in [0.1, 0.15) is 0 Å². The van der Waals surface area contributed by atoms with Crippen molar-refractivity contribution in [2.45, 2.75) is 131 Å². The molecular weight excluding hydrogens is 999 g/mol. The van der Waals surface area contributed by atoms with Crippen LogP contribution in [-0.2, 0) is 27.1 Å². The molecule has 0 aliphatic carbocycles. The van der Waals surface area contributed by atoms with Crippen molar-refractivity contribution < 1.29 is 11.0 Å². The fourth-order valence-electron chi connectivity index (χ4n) is 11.3. The molecule has 9 aromatic rings. The second-order valence-corrected chi connectivity index (χ2v) is 27.5. The Morgan fingerprint density at radius 2 is 0.620 bits per heavy atom. The number of nitrogens with zero attached hydrogens (tertiary/aromatic N) is 2. The van der Waals surface area contributed by atoms with Crippen molar-refractivity contribution in [3.05, 3.63) is 220 Å². The van der Waals surface area contributed by atoms with Crippen LogP contribution in [0.25, 0.3) is 44.5 Å². The van der Waals surface area contributed by atoms with Crippen molar-refractivity contribution in [3.63, 3.8) is 0 Å². The molecular formula is C74H75BCl2N2. The summed E-state index contributed by atoms with van der Waals surface area (Å²) in [4.78, 5) is 3.84. The highest BCUT2D eigenvalue weighted by atomic mass is 35.5. The van der Waals surface area contributed by atoms with Crippen LogP contribution in [0.1, 0.15) is 143 Å². The van der Waals surface area contributed by atoms with E-state index in [1.54, 1.807) is 0 Å². The van der Waals surface area contributed by atoms with Crippen LogP contribution in [0.4, 0.5) is 34.1 Å². The molecule has 0 unspecified atom stereocenters. The lowest BCUT2D eigenvalue weighted by molar-refractivity contribution is 0.590. The highest BCUT2D eigenvalue weighted by molar-refractivity contribution is 7.00. The monoisotopic (exact) mass is 1080 g/mol. The van der Waals surface area contributed by atoms with Crippen LogP contribution in [0.5, 0.6) is 0 Å². The molecule has 398 valence electrons. The van der Waals surface area contributed by atoms with Crippen LogP contribution in [0.2, 0.25) is 10.0 Å². The lowest BCUT2D eigenvalue weighted by Crippen LogP contribution is -2.61. The molecule has 79 heavy (non-hydrogen) atoms. The summed E-state index contributed by atoms with van der Waals surface area (Å²) in [5.41, 5.74) is 11.7. The molecule has 0 N–H and O–H groups in total. The summed E-state index contributed by atoms with van der Waals surface area (Å²) in [7, 11) is 0. The Kier molecular flexibility index (Phi) is 11.1. The van der Waals surface area contributed by atoms with Crippen LogP contribution in [0.15, 0.2) is 182 Å². The van der Waals surface area contributed by atoms with E-state index in [9.17, 15) is 11.0 Å². The van der Waals surface area contributed by atoms with Gasteiger partial charge in [0, 0.05) is 55.0 Å². The first-order valence-corrected chi connectivity index (χ1v) is 28.4. The first-order valence-electron chi connectivity index (χ1n) is 31.6. The molecule has 0 amide bonds. The number of hydrogen-bond donors (Lipinski definition) is 0. The van der Waals surface area contributed by atoms with Crippen LogP contribution in [0, 0.1) is 0 Å². The first-order chi connectivity index (χ1) is 40.5. The number of hydrogen-bond acceptors (Lipinski definition) is 2. The van der Waals surface area contributed by atoms with E-state index >= 15 is 0 Å². The summed E-state index contributed by atoms with van der Waals surface area (Å²) >= 11 is 14.5. The summed E-state index contributed by atoms with van der Waals surface area (Å²) in [5, 5.41) is -0.544. The predicted molar refractivity (Wildman–Crippen MR) is 346 cm³/mol. The summed E-state index contributed by atoms with van der Waals surface area (Å²) in [6, 6.07) is 43.9. The van der Waals surface area contributed by atoms with Gasteiger partial charge in [-0.25, -0.2) is 0 Å². The molecule has 2 aliphatic rings. The van der Waals surface area contributed by atoms with Crippen LogP contribution < -0.4 is 26.2 Å². The highest BCUT2D eigenvalue weighted by Gasteiger charge is 2.46. The van der Waals surface area contributed by atoms with Crippen LogP contribution in [-0.4, -0.2) is 6.71 Å². The third-order valence-electron chi connectivity index (χ3n) is 15.8. The van der Waals surface area contributed by atoms with Crippen molar-refractivity contribution in [1.82, 2.24) is 0 Å². The fourth-order valence-corrected chi connectivity index (χ4v) is 11.5. The second kappa shape index (κ2) is 19.5. The molecule has 0 saturated carbocycles. The maximum atomic E-state index is 11.1. The van der Waals surface area contributed by atoms with Crippen LogP contribution in [0.3, 0.4) is 0 Å². The summed E-state index contributed by atoms with van der Waals surface area (Å²) < 4.78 is 83.0. The number of fused-ring (bicyclic) bond motifs is 4. The topological polar surface area (TPSA) is 6.48 Å². The summed E-state index contributed by atoms with van der Waals surface area (Å²) in [5.74, 6) is 0. The standard InChI is InChI=1S/C74H75BCl2N2/c1-70(2,3)50-26-16-22-46(38-50)57-30-20-31-58(47-23-17-27-51(39-47)71(4,5)6)68(57)78-63-44-55(76)34-36-61(63)75-62-37-35-56(77)45-64(62)79(66-43-54(74(13,14)15)42-65(78)67(66)75)69-59(48-24-18-28-52(40-48)72(7,8)9)32-21-33-60(69)49-25-19-29-53(41-49)73(10,11)12/h16-45H,1-15H3/i34D,35D,36D,37D,42D,43D,44D,45D. The van der Waals surface area contributed by atoms with Gasteiger partial charge in [0.25, 0.3) is 6.71 Å². The molecule has 0 bridgehead atoms. The van der Waals surface area contributed by atoms with Crippen molar-refractivity contribution in [3.8, 4) is 44.5 Å². The molecule has 9 aromatic carbocycles. The van der Waals surface area contributed by atoms with E-state index in [-0.39, 0.29) is 102 Å². The number of benzene rings is 9. The van der Waals surface area contributed by atoms with Gasteiger partial charge >= 0.3 is 0 Å². The molecule has 11 rings (SSSR count). The minimum atomic E-state index is -1.31. The number of para-hydroxylation sites is 2. The zero-order chi connectivity index (χ0) is 63.3. The van der Waals surface area contributed by atoms with E-state index in [2.05, 4.69) is 180 Å². The zero-order valence-electron chi connectivity index (χ0n) is 56.4. The van der Waals surface area contributed by atoms with E-state index in [0.717, 1.165) is 66.8 Å². The van der Waals surface area contributed by atoms with Crippen molar-refractivity contribution in [2.75, 3.05) is 9.80 Å². The summed E-state index contributed by atoms with van der Waals surface area (Å²) in [6.45, 7) is 30.8. The molecule has 2 heterocycles. The van der Waals surface area contributed by atoms with E-state index < -0.39 is 24.2 Å². The lowest BCUT2D eigenvalue weighted by atomic mass is 9.33. The molecule has 2 aliphatic heterocycles. The Hall–Kier alpha value is -6.78. The molecule has 0 fully saturated rings. The molecule has 0 saturated heterocycles. The first kappa shape index (κ1) is 45.0. The average Bonchev–Trinajstić information content (AvgIpc) is 0.671. The van der Waals surface area contributed by atoms with E-state index in [0.29, 0.717) is 22.4 Å². The van der Waals surface area contributed by atoms with Gasteiger partial charge in [-0.15, -0.1) is 0 Å². The third-order valence-corrected chi connectivity index (χ3v) is 16.1. The van der Waals surface area contributed by atoms with E-state index in [1.165, 1.54) is 0 Å². The molecule has 0 spiro atoms. The van der Waals surface area contributed by atoms with Crippen molar-refractivity contribution >= 4 is 80.4 Å². The van der Waals surface area contributed by atoms with Gasteiger partial charge in [-0.05, 0) is 130 Å². The SMILES string of the molecule is [2H]c1c([2H])c2c(c([2H])c1Cl)N(c1c(-c3cccc(C(C)(C)C)c3)cccc1-c1cccc(C(C)(C)C)c1)c1c([2H])c(C(C)(C)C)c([2H])c3c1B2c1c([2H])c([2H])c(Cl)c([2H])c1N3c1c(-c2cccc(C(C)(C)C)c2)cccc1-c1cccc(C(C)(C)C)c1. The Labute approximate surface area is 493 Å². The quantitative estimate of drug-likeness (QED) is 0.153. The van der Waals surface area contributed by atoms with Gasteiger partial charge < -0.3 is 9.80 Å². The zero-order valence-corrected chi connectivity index (χ0v) is 49.9. The molecule has 0 atom stereocenters. The minimum absolute atomic E-state index is 0.0168. The Morgan fingerprint density at radius 3 is 0.899 bits per heavy atom. The van der Waals surface area contributed by atoms with Crippen LogP contribution >= 0.6 is 23.2 Å². The van der Waals surface area contributed by atoms with Crippen molar-refractivity contribution in [1.29, 1.82) is 0 Å². The fraction of sp³-hybridized carbons (Fsp3) is 0.270. The lowest BCUT2D eigenvalue weighted by Gasteiger charge is -2.46. The van der Waals surface area contributed by atoms with E-state index in [1.807, 2.05) is 67.0 Å². The second-order valence-electron chi connectivity index (χ2n) is 26.7. The van der Waals surface area contributed by atoms with Gasteiger partial charge in [-0.3, -0.25) is 0 Å². The molecule has 0 aromatic heterocycles. The van der Waals surface area contributed by atoms with Crippen molar-refractivity contribution in [2.24, 2.45) is 0 Å². The molecule has 2 nitrogen and oxygen atoms in total. The largest absolute Gasteiger partial charge is 0.310 e. The Bertz CT molecular complexity index is 3930. The maximum Gasteiger partial charge on any atom is 0.252 e. The predicted octanol–water partition coefficient (Wildman–Crippen LogP) is 20.2. The highest BCUT2D eigenvalue weighted by Crippen LogP contribution is 2.54. The maximum absolute atomic E-state index is 11.1. The van der Waals surface area contributed by atoms with E-state index in [4.69, 9.17) is 23.2 Å². The minimum Gasteiger partial charge on any atom is -0.310 e. The summed E-state index contributed by atoms with van der Waals surface area (Å²) in [6.07, 6.45) is 0. The molecule has 5 heteroatoms. The number of halogens is 2. The van der Waals surface area contributed by atoms with Gasteiger partial charge in [0.15, 0.2) is 0 Å². The number of anilines is 6. The third kappa shape index (κ3) is 9.95. The smallest absolute Gasteiger partial charge is 0.252 e. The Morgan fingerprint density at radius 1 is 0.342 bits per heavy atom. The van der Waals surface area contributed by atoms with Gasteiger partial charge in [-0.2, -0.15) is 0 Å². The van der Waals surface area contributed by atoms with Gasteiger partial charge in [0.05, 0.1) is 22.3 Å². The average molecular weight is 1080 g/mol. The normalized spacial score (nSPS) is 15.0.